The molecule has 0 saturated heterocycles. The second-order valence-electron chi connectivity index (χ2n) is 4.25. The van der Waals surface area contributed by atoms with Crippen molar-refractivity contribution in [3.8, 4) is 28.0 Å². The minimum Gasteiger partial charge on any atom is -0.495 e. The van der Waals surface area contributed by atoms with Gasteiger partial charge in [0.2, 0.25) is 0 Å². The third-order valence-electron chi connectivity index (χ3n) is 3.05. The molecular formula is C16H13N3O. The normalized spacial score (nSPS) is 10.2. The fourth-order valence-corrected chi connectivity index (χ4v) is 2.12. The van der Waals surface area contributed by atoms with Crippen molar-refractivity contribution >= 4 is 0 Å². The molecule has 0 radical (unpaired) electrons. The average Bonchev–Trinajstić information content (AvgIpc) is 2.55. The topological polar surface area (TPSA) is 47.9 Å². The molecule has 0 atom stereocenters. The van der Waals surface area contributed by atoms with Crippen LogP contribution in [0.3, 0.4) is 0 Å². The molecule has 3 rings (SSSR count). The summed E-state index contributed by atoms with van der Waals surface area (Å²) in [5.41, 5.74) is 3.79. The molecule has 98 valence electrons. The van der Waals surface area contributed by atoms with Crippen molar-refractivity contribution < 1.29 is 4.74 Å². The van der Waals surface area contributed by atoms with E-state index in [9.17, 15) is 0 Å². The summed E-state index contributed by atoms with van der Waals surface area (Å²) in [5.74, 6) is 0.779. The Bertz CT molecular complexity index is 642. The molecule has 0 saturated carbocycles. The average molecular weight is 263 g/mol. The summed E-state index contributed by atoms with van der Waals surface area (Å²) >= 11 is 0. The zero-order valence-electron chi connectivity index (χ0n) is 11.0. The van der Waals surface area contributed by atoms with Crippen molar-refractivity contribution in [2.45, 2.75) is 0 Å². The van der Waals surface area contributed by atoms with E-state index in [1.54, 1.807) is 44.3 Å². The van der Waals surface area contributed by atoms with E-state index in [-0.39, 0.29) is 0 Å². The highest BCUT2D eigenvalue weighted by molar-refractivity contribution is 5.80. The van der Waals surface area contributed by atoms with E-state index in [1.807, 2.05) is 24.3 Å². The summed E-state index contributed by atoms with van der Waals surface area (Å²) in [6.07, 6.45) is 10.7. The Balaban J connectivity index is 2.19. The third kappa shape index (κ3) is 2.23. The van der Waals surface area contributed by atoms with Gasteiger partial charge in [0.15, 0.2) is 0 Å². The highest BCUT2D eigenvalue weighted by Crippen LogP contribution is 2.37. The molecule has 0 aromatic carbocycles. The third-order valence-corrected chi connectivity index (χ3v) is 3.05. The van der Waals surface area contributed by atoms with Gasteiger partial charge in [-0.05, 0) is 12.1 Å². The van der Waals surface area contributed by atoms with Gasteiger partial charge in [0.1, 0.15) is 5.75 Å². The maximum absolute atomic E-state index is 5.59. The monoisotopic (exact) mass is 263 g/mol. The number of methoxy groups -OCH3 is 1. The Morgan fingerprint density at radius 3 is 1.70 bits per heavy atom. The van der Waals surface area contributed by atoms with Crippen LogP contribution >= 0.6 is 0 Å². The van der Waals surface area contributed by atoms with Crippen LogP contribution in [0.15, 0.2) is 61.4 Å². The molecule has 3 aromatic heterocycles. The molecule has 0 aliphatic heterocycles. The molecular weight excluding hydrogens is 250 g/mol. The Morgan fingerprint density at radius 1 is 0.750 bits per heavy atom. The highest BCUT2D eigenvalue weighted by atomic mass is 16.5. The largest absolute Gasteiger partial charge is 0.495 e. The zero-order chi connectivity index (χ0) is 13.8. The Kier molecular flexibility index (Phi) is 3.37. The van der Waals surface area contributed by atoms with Gasteiger partial charge in [-0.2, -0.15) is 0 Å². The van der Waals surface area contributed by atoms with Crippen molar-refractivity contribution in [2.24, 2.45) is 0 Å². The fourth-order valence-electron chi connectivity index (χ4n) is 2.12. The van der Waals surface area contributed by atoms with Crippen LogP contribution < -0.4 is 4.74 Å². The highest BCUT2D eigenvalue weighted by Gasteiger charge is 2.13. The van der Waals surface area contributed by atoms with E-state index < -0.39 is 0 Å². The molecule has 0 aliphatic rings. The Labute approximate surface area is 117 Å². The summed E-state index contributed by atoms with van der Waals surface area (Å²) in [7, 11) is 1.66. The molecule has 0 spiro atoms. The van der Waals surface area contributed by atoms with Gasteiger partial charge in [-0.15, -0.1) is 0 Å². The smallest absolute Gasteiger partial charge is 0.137 e. The summed E-state index contributed by atoms with van der Waals surface area (Å²) in [6.45, 7) is 0. The minimum absolute atomic E-state index is 0.779. The van der Waals surface area contributed by atoms with Gasteiger partial charge in [0.05, 0.1) is 7.11 Å². The van der Waals surface area contributed by atoms with Crippen molar-refractivity contribution in [2.75, 3.05) is 7.11 Å². The molecule has 0 amide bonds. The van der Waals surface area contributed by atoms with Crippen LogP contribution in [0, 0.1) is 0 Å². The van der Waals surface area contributed by atoms with Crippen LogP contribution in [0.2, 0.25) is 0 Å². The van der Waals surface area contributed by atoms with Gasteiger partial charge < -0.3 is 4.74 Å². The van der Waals surface area contributed by atoms with Crippen LogP contribution in [-0.2, 0) is 0 Å². The quantitative estimate of drug-likeness (QED) is 0.728. The van der Waals surface area contributed by atoms with Crippen molar-refractivity contribution in [1.82, 2.24) is 15.0 Å². The molecule has 4 nitrogen and oxygen atoms in total. The van der Waals surface area contributed by atoms with Crippen LogP contribution in [0.4, 0.5) is 0 Å². The summed E-state index contributed by atoms with van der Waals surface area (Å²) in [5, 5.41) is 0. The summed E-state index contributed by atoms with van der Waals surface area (Å²) in [4.78, 5) is 12.6. The first-order valence-corrected chi connectivity index (χ1v) is 6.23. The number of ether oxygens (including phenoxy) is 1. The zero-order valence-corrected chi connectivity index (χ0v) is 11.0. The Hall–Kier alpha value is -2.75. The van der Waals surface area contributed by atoms with Crippen molar-refractivity contribution in [1.29, 1.82) is 0 Å². The van der Waals surface area contributed by atoms with Gasteiger partial charge in [0.25, 0.3) is 0 Å². The van der Waals surface area contributed by atoms with E-state index in [0.29, 0.717) is 0 Å². The number of hydrogen-bond donors (Lipinski definition) is 0. The molecule has 3 aromatic rings. The van der Waals surface area contributed by atoms with Crippen LogP contribution in [0.5, 0.6) is 5.75 Å². The second kappa shape index (κ2) is 5.48. The van der Waals surface area contributed by atoms with Gasteiger partial charge >= 0.3 is 0 Å². The SMILES string of the molecule is COc1c(-c2cccnc2)cncc1-c1cccnc1. The number of aromatic nitrogens is 3. The first-order valence-electron chi connectivity index (χ1n) is 6.23. The molecule has 3 heterocycles. The van der Waals surface area contributed by atoms with E-state index in [4.69, 9.17) is 4.74 Å². The van der Waals surface area contributed by atoms with Crippen LogP contribution in [0.25, 0.3) is 22.3 Å². The fraction of sp³-hybridized carbons (Fsp3) is 0.0625. The van der Waals surface area contributed by atoms with Crippen LogP contribution in [-0.4, -0.2) is 22.1 Å². The van der Waals surface area contributed by atoms with E-state index in [0.717, 1.165) is 28.0 Å². The number of nitrogens with zero attached hydrogens (tertiary/aromatic N) is 3. The van der Waals surface area contributed by atoms with Crippen LogP contribution in [0.1, 0.15) is 0 Å². The number of pyridine rings is 3. The molecule has 4 heteroatoms. The standard InChI is InChI=1S/C16H13N3O/c1-20-16-14(12-4-2-6-17-8-12)10-19-11-15(16)13-5-3-7-18-9-13/h2-11H,1H3. The molecule has 0 fully saturated rings. The summed E-state index contributed by atoms with van der Waals surface area (Å²) in [6, 6.07) is 7.76. The molecule has 0 aliphatic carbocycles. The maximum Gasteiger partial charge on any atom is 0.137 e. The van der Waals surface area contributed by atoms with E-state index in [2.05, 4.69) is 15.0 Å². The van der Waals surface area contributed by atoms with Crippen molar-refractivity contribution in [3.05, 3.63) is 61.4 Å². The Morgan fingerprint density at radius 2 is 1.30 bits per heavy atom. The number of rotatable bonds is 3. The predicted octanol–water partition coefficient (Wildman–Crippen LogP) is 3.21. The maximum atomic E-state index is 5.59. The molecule has 0 unspecified atom stereocenters. The van der Waals surface area contributed by atoms with Gasteiger partial charge in [-0.3, -0.25) is 15.0 Å². The van der Waals surface area contributed by atoms with E-state index in [1.165, 1.54) is 0 Å². The lowest BCUT2D eigenvalue weighted by molar-refractivity contribution is 0.417. The summed E-state index contributed by atoms with van der Waals surface area (Å²) < 4.78 is 5.59. The molecule has 0 N–H and O–H groups in total. The first-order chi connectivity index (χ1) is 9.90. The molecule has 0 bridgehead atoms. The lowest BCUT2D eigenvalue weighted by Gasteiger charge is -2.12. The lowest BCUT2D eigenvalue weighted by atomic mass is 10.0. The lowest BCUT2D eigenvalue weighted by Crippen LogP contribution is -1.94. The first kappa shape index (κ1) is 12.3. The van der Waals surface area contributed by atoms with E-state index >= 15 is 0 Å². The van der Waals surface area contributed by atoms with Gasteiger partial charge in [0, 0.05) is 59.4 Å². The van der Waals surface area contributed by atoms with Crippen molar-refractivity contribution in [3.63, 3.8) is 0 Å². The minimum atomic E-state index is 0.779. The molecule has 20 heavy (non-hydrogen) atoms. The van der Waals surface area contributed by atoms with Gasteiger partial charge in [-0.1, -0.05) is 12.1 Å². The number of hydrogen-bond acceptors (Lipinski definition) is 4. The van der Waals surface area contributed by atoms with Gasteiger partial charge in [-0.25, -0.2) is 0 Å². The predicted molar refractivity (Wildman–Crippen MR) is 77.3 cm³/mol. The second-order valence-corrected chi connectivity index (χ2v) is 4.25.